The van der Waals surface area contributed by atoms with Crippen molar-refractivity contribution in [2.45, 2.75) is 51.7 Å². The highest BCUT2D eigenvalue weighted by Gasteiger charge is 2.39. The van der Waals surface area contributed by atoms with E-state index in [0.29, 0.717) is 32.4 Å². The number of carbonyl (C=O) groups is 3. The van der Waals surface area contributed by atoms with Gasteiger partial charge in [0, 0.05) is 13.1 Å². The molecule has 2 rings (SSSR count). The number of hydrogen-bond acceptors (Lipinski definition) is 6. The molecule has 1 atom stereocenters. The van der Waals surface area contributed by atoms with Crippen molar-refractivity contribution < 1.29 is 24.3 Å². The van der Waals surface area contributed by atoms with E-state index in [9.17, 15) is 14.4 Å². The van der Waals surface area contributed by atoms with E-state index in [1.807, 2.05) is 16.8 Å². The highest BCUT2D eigenvalue weighted by atomic mass is 32.1. The first-order chi connectivity index (χ1) is 12.7. The molecule has 1 fully saturated rings. The number of amides is 3. The number of rotatable bonds is 6. The van der Waals surface area contributed by atoms with Crippen molar-refractivity contribution >= 4 is 29.2 Å². The zero-order valence-electron chi connectivity index (χ0n) is 15.9. The molecule has 0 aromatic carbocycles. The summed E-state index contributed by atoms with van der Waals surface area (Å²) in [4.78, 5) is 40.0. The van der Waals surface area contributed by atoms with E-state index < -0.39 is 29.6 Å². The van der Waals surface area contributed by atoms with Crippen LogP contribution in [-0.4, -0.2) is 64.2 Å². The number of nitrogens with zero attached hydrogens (tertiary/aromatic N) is 2. The summed E-state index contributed by atoms with van der Waals surface area (Å²) in [5, 5.41) is 12.8. The number of nitrogens with one attached hydrogen (secondary N) is 1. The predicted octanol–water partition coefficient (Wildman–Crippen LogP) is 2.02. The number of hydroxylamine groups is 1. The third-order valence-electron chi connectivity index (χ3n) is 4.16. The number of urea groups is 1. The summed E-state index contributed by atoms with van der Waals surface area (Å²) in [7, 11) is 0. The van der Waals surface area contributed by atoms with Crippen molar-refractivity contribution in [2.24, 2.45) is 0 Å². The summed E-state index contributed by atoms with van der Waals surface area (Å²) in [6, 6.07) is 0.901. The normalized spacial score (nSPS) is 16.9. The van der Waals surface area contributed by atoms with Gasteiger partial charge in [0.2, 0.25) is 0 Å². The number of carbonyl (C=O) groups excluding carboxylic acids is 3. The van der Waals surface area contributed by atoms with Gasteiger partial charge in [0.05, 0.1) is 0 Å². The number of likely N-dealkylation sites (tertiary alicyclic amines) is 1. The van der Waals surface area contributed by atoms with Crippen LogP contribution in [0.1, 0.15) is 39.2 Å². The molecule has 2 N–H and O–H groups in total. The lowest BCUT2D eigenvalue weighted by molar-refractivity contribution is -0.159. The second-order valence-electron chi connectivity index (χ2n) is 7.51. The fourth-order valence-corrected chi connectivity index (χ4v) is 3.65. The zero-order chi connectivity index (χ0) is 20.0. The minimum Gasteiger partial charge on any atom is -0.458 e. The lowest BCUT2D eigenvalue weighted by Gasteiger charge is -2.32. The van der Waals surface area contributed by atoms with Crippen molar-refractivity contribution in [3.8, 4) is 0 Å². The second-order valence-corrected chi connectivity index (χ2v) is 8.29. The topological polar surface area (TPSA) is 99.2 Å². The van der Waals surface area contributed by atoms with Crippen LogP contribution in [0.5, 0.6) is 0 Å². The van der Waals surface area contributed by atoms with Crippen LogP contribution in [0.15, 0.2) is 16.8 Å². The summed E-state index contributed by atoms with van der Waals surface area (Å²) >= 11 is 1.56. The Morgan fingerprint density at radius 2 is 2.15 bits per heavy atom. The molecule has 1 aromatic heterocycles. The van der Waals surface area contributed by atoms with Crippen molar-refractivity contribution in [1.29, 1.82) is 0 Å². The lowest BCUT2D eigenvalue weighted by atomic mass is 10.1. The molecule has 27 heavy (non-hydrogen) atoms. The molecule has 0 unspecified atom stereocenters. The number of hydrogen-bond donors (Lipinski definition) is 2. The highest BCUT2D eigenvalue weighted by molar-refractivity contribution is 7.07. The van der Waals surface area contributed by atoms with Crippen LogP contribution >= 0.6 is 11.3 Å². The first-order valence-electron chi connectivity index (χ1n) is 8.93. The molecule has 0 bridgehead atoms. The summed E-state index contributed by atoms with van der Waals surface area (Å²) in [5.74, 6) is -1.11. The van der Waals surface area contributed by atoms with Crippen molar-refractivity contribution in [2.75, 3.05) is 19.6 Å². The fraction of sp³-hybridized carbons (Fsp3) is 0.611. The van der Waals surface area contributed by atoms with Crippen LogP contribution in [0, 0.1) is 0 Å². The summed E-state index contributed by atoms with van der Waals surface area (Å²) in [6.45, 7) is 5.80. The largest absolute Gasteiger partial charge is 0.458 e. The van der Waals surface area contributed by atoms with E-state index in [4.69, 9.17) is 9.94 Å². The van der Waals surface area contributed by atoms with E-state index in [1.165, 1.54) is 9.80 Å². The van der Waals surface area contributed by atoms with Gasteiger partial charge < -0.3 is 14.5 Å². The van der Waals surface area contributed by atoms with Crippen LogP contribution in [0.2, 0.25) is 0 Å². The monoisotopic (exact) mass is 397 g/mol. The third-order valence-corrected chi connectivity index (χ3v) is 4.89. The Labute approximate surface area is 163 Å². The van der Waals surface area contributed by atoms with Crippen LogP contribution in [-0.2, 0) is 20.7 Å². The Kier molecular flexibility index (Phi) is 7.20. The lowest BCUT2D eigenvalue weighted by Crippen LogP contribution is -2.51. The molecular weight excluding hydrogens is 370 g/mol. The third kappa shape index (κ3) is 6.21. The van der Waals surface area contributed by atoms with Crippen LogP contribution in [0.3, 0.4) is 0 Å². The smallest absolute Gasteiger partial charge is 0.329 e. The Morgan fingerprint density at radius 3 is 2.74 bits per heavy atom. The second kappa shape index (κ2) is 9.18. The van der Waals surface area contributed by atoms with Crippen molar-refractivity contribution in [3.63, 3.8) is 0 Å². The quantitative estimate of drug-likeness (QED) is 0.435. The molecule has 8 nitrogen and oxygen atoms in total. The Bertz CT molecular complexity index is 656. The molecule has 1 aliphatic heterocycles. The average molecular weight is 397 g/mol. The van der Waals surface area contributed by atoms with Crippen LogP contribution < -0.4 is 5.48 Å². The van der Waals surface area contributed by atoms with Gasteiger partial charge in [-0.25, -0.2) is 15.1 Å². The van der Waals surface area contributed by atoms with Gasteiger partial charge >= 0.3 is 12.0 Å². The van der Waals surface area contributed by atoms with E-state index in [1.54, 1.807) is 37.6 Å². The van der Waals surface area contributed by atoms with Gasteiger partial charge in [-0.2, -0.15) is 11.3 Å². The number of ether oxygens (including phenoxy) is 1. The molecule has 1 aliphatic rings. The molecule has 0 saturated carbocycles. The van der Waals surface area contributed by atoms with Gasteiger partial charge in [0.1, 0.15) is 18.2 Å². The first-order valence-corrected chi connectivity index (χ1v) is 9.88. The molecule has 2 heterocycles. The van der Waals surface area contributed by atoms with Crippen LogP contribution in [0.25, 0.3) is 0 Å². The van der Waals surface area contributed by atoms with E-state index >= 15 is 0 Å². The average Bonchev–Trinajstić information content (AvgIpc) is 3.27. The van der Waals surface area contributed by atoms with Crippen molar-refractivity contribution in [3.05, 3.63) is 22.4 Å². The molecule has 0 aliphatic carbocycles. The standard InChI is InChI=1S/C18H27N3O5S/c1-18(2,3)26-16(23)14-5-4-8-21(14)17(24)20(11-15(22)19-25)9-6-13-7-10-27-12-13/h7,10,12,14,25H,4-6,8-9,11H2,1-3H3,(H,19,22)/t14-/m0/s1. The maximum Gasteiger partial charge on any atom is 0.329 e. The van der Waals surface area contributed by atoms with E-state index in [2.05, 4.69) is 0 Å². The fourth-order valence-electron chi connectivity index (χ4n) is 2.94. The van der Waals surface area contributed by atoms with Gasteiger partial charge in [0.25, 0.3) is 5.91 Å². The molecule has 1 aromatic rings. The van der Waals surface area contributed by atoms with Gasteiger partial charge in [-0.3, -0.25) is 10.0 Å². The summed E-state index contributed by atoms with van der Waals surface area (Å²) in [6.07, 6.45) is 1.81. The first kappa shape index (κ1) is 21.2. The van der Waals surface area contributed by atoms with E-state index in [-0.39, 0.29) is 6.54 Å². The number of esters is 1. The highest BCUT2D eigenvalue weighted by Crippen LogP contribution is 2.23. The minimum absolute atomic E-state index is 0.281. The molecule has 3 amide bonds. The molecular formula is C18H27N3O5S. The maximum absolute atomic E-state index is 13.0. The van der Waals surface area contributed by atoms with Gasteiger partial charge in [0.15, 0.2) is 0 Å². The van der Waals surface area contributed by atoms with Gasteiger partial charge in [-0.1, -0.05) is 0 Å². The summed E-state index contributed by atoms with van der Waals surface area (Å²) in [5.41, 5.74) is 1.99. The Morgan fingerprint density at radius 1 is 1.41 bits per heavy atom. The van der Waals surface area contributed by atoms with Gasteiger partial charge in [-0.15, -0.1) is 0 Å². The summed E-state index contributed by atoms with van der Waals surface area (Å²) < 4.78 is 5.43. The van der Waals surface area contributed by atoms with Crippen molar-refractivity contribution in [1.82, 2.24) is 15.3 Å². The SMILES string of the molecule is CC(C)(C)OC(=O)[C@@H]1CCCN1C(=O)N(CCc1ccsc1)CC(=O)NO. The molecule has 0 spiro atoms. The maximum atomic E-state index is 13.0. The van der Waals surface area contributed by atoms with Crippen LogP contribution in [0.4, 0.5) is 4.79 Å². The molecule has 9 heteroatoms. The Hall–Kier alpha value is -2.13. The zero-order valence-corrected chi connectivity index (χ0v) is 16.8. The minimum atomic E-state index is -0.679. The molecule has 0 radical (unpaired) electrons. The van der Waals surface area contributed by atoms with E-state index in [0.717, 1.165) is 5.56 Å². The molecule has 150 valence electrons. The Balaban J connectivity index is 2.09. The molecule has 1 saturated heterocycles. The number of thiophene rings is 1. The predicted molar refractivity (Wildman–Crippen MR) is 100 cm³/mol. The van der Waals surface area contributed by atoms with Gasteiger partial charge in [-0.05, 0) is 62.4 Å².